The number of aliphatic carboxylic acids is 1. The number of carbonyl (C=O) groups is 2. The van der Waals surface area contributed by atoms with Gasteiger partial charge in [-0.2, -0.15) is 0 Å². The van der Waals surface area contributed by atoms with Crippen LogP contribution in [0.2, 0.25) is 5.02 Å². The predicted molar refractivity (Wildman–Crippen MR) is 131 cm³/mol. The van der Waals surface area contributed by atoms with Crippen LogP contribution in [0.4, 0.5) is 0 Å². The molecule has 0 radical (unpaired) electrons. The van der Waals surface area contributed by atoms with Crippen molar-refractivity contribution in [1.29, 1.82) is 0 Å². The van der Waals surface area contributed by atoms with Crippen LogP contribution in [0.3, 0.4) is 0 Å². The maximum absolute atomic E-state index is 12.4. The topological polar surface area (TPSA) is 84.9 Å². The monoisotopic (exact) mass is 563 g/mol. The minimum absolute atomic E-state index is 0.258. The van der Waals surface area contributed by atoms with Gasteiger partial charge in [-0.1, -0.05) is 41.9 Å². The highest BCUT2D eigenvalue weighted by molar-refractivity contribution is 14.1. The van der Waals surface area contributed by atoms with E-state index in [2.05, 4.69) is 27.9 Å². The molecule has 3 rings (SSSR count). The van der Waals surface area contributed by atoms with Crippen molar-refractivity contribution in [2.45, 2.75) is 6.61 Å². The number of benzene rings is 3. The zero-order valence-electron chi connectivity index (χ0n) is 17.0. The Morgan fingerprint density at radius 3 is 2.41 bits per heavy atom. The van der Waals surface area contributed by atoms with Gasteiger partial charge in [0.2, 0.25) is 0 Å². The quantitative estimate of drug-likeness (QED) is 0.284. The normalized spacial score (nSPS) is 11.0. The first-order valence-electron chi connectivity index (χ1n) is 9.43. The molecule has 3 aromatic rings. The van der Waals surface area contributed by atoms with E-state index in [0.29, 0.717) is 34.3 Å². The second kappa shape index (κ2) is 11.0. The molecular formula is C24H19ClINO5. The number of methoxy groups -OCH3 is 1. The van der Waals surface area contributed by atoms with Crippen LogP contribution in [-0.2, 0) is 11.4 Å². The maximum Gasteiger partial charge on any atom is 0.352 e. The van der Waals surface area contributed by atoms with Crippen LogP contribution in [0.1, 0.15) is 21.5 Å². The first kappa shape index (κ1) is 23.6. The summed E-state index contributed by atoms with van der Waals surface area (Å²) in [5.41, 5.74) is 1.58. The summed E-state index contributed by atoms with van der Waals surface area (Å²) in [6.45, 7) is 0.312. The van der Waals surface area contributed by atoms with Crippen molar-refractivity contribution in [1.82, 2.24) is 5.32 Å². The largest absolute Gasteiger partial charge is 0.493 e. The molecule has 0 atom stereocenters. The average molecular weight is 564 g/mol. The van der Waals surface area contributed by atoms with E-state index in [1.54, 1.807) is 54.6 Å². The van der Waals surface area contributed by atoms with E-state index in [1.807, 2.05) is 12.1 Å². The number of carboxylic acid groups (broad SMARTS) is 1. The first-order valence-corrected chi connectivity index (χ1v) is 10.9. The molecule has 0 fully saturated rings. The van der Waals surface area contributed by atoms with E-state index in [9.17, 15) is 14.7 Å². The van der Waals surface area contributed by atoms with Gasteiger partial charge in [0.05, 0.1) is 10.7 Å². The number of rotatable bonds is 8. The smallest absolute Gasteiger partial charge is 0.352 e. The summed E-state index contributed by atoms with van der Waals surface area (Å²) in [7, 11) is 1.50. The number of ether oxygens (including phenoxy) is 2. The highest BCUT2D eigenvalue weighted by atomic mass is 127. The van der Waals surface area contributed by atoms with Crippen LogP contribution in [-0.4, -0.2) is 24.1 Å². The fourth-order valence-corrected chi connectivity index (χ4v) is 3.71. The van der Waals surface area contributed by atoms with Crippen LogP contribution < -0.4 is 14.8 Å². The van der Waals surface area contributed by atoms with Gasteiger partial charge in [0.1, 0.15) is 12.3 Å². The van der Waals surface area contributed by atoms with Crippen molar-refractivity contribution in [3.05, 3.63) is 97.7 Å². The molecular weight excluding hydrogens is 545 g/mol. The standard InChI is InChI=1S/C24H19ClINO5/c1-31-21-13-16(11-19(26)22(21)32-14-15-7-9-18(25)10-8-15)12-20(24(29)30)27-23(28)17-5-3-2-4-6-17/h2-13H,14H2,1H3,(H,27,28)(H,29,30)/b20-12+. The number of amides is 1. The molecule has 0 heterocycles. The van der Waals surface area contributed by atoms with Gasteiger partial charge in [0.25, 0.3) is 5.91 Å². The summed E-state index contributed by atoms with van der Waals surface area (Å²) in [6, 6.07) is 19.1. The van der Waals surface area contributed by atoms with E-state index in [0.717, 1.165) is 9.13 Å². The van der Waals surface area contributed by atoms with Crippen molar-refractivity contribution >= 4 is 52.1 Å². The van der Waals surface area contributed by atoms with Gasteiger partial charge < -0.3 is 19.9 Å². The van der Waals surface area contributed by atoms with Gasteiger partial charge in [0.15, 0.2) is 11.5 Å². The number of nitrogens with one attached hydrogen (secondary N) is 1. The molecule has 2 N–H and O–H groups in total. The van der Waals surface area contributed by atoms with E-state index in [1.165, 1.54) is 13.2 Å². The molecule has 0 spiro atoms. The first-order chi connectivity index (χ1) is 15.4. The molecule has 0 saturated heterocycles. The molecule has 0 saturated carbocycles. The molecule has 0 aliphatic heterocycles. The summed E-state index contributed by atoms with van der Waals surface area (Å²) in [4.78, 5) is 24.1. The zero-order chi connectivity index (χ0) is 23.1. The van der Waals surface area contributed by atoms with Crippen molar-refractivity contribution < 1.29 is 24.2 Å². The minimum Gasteiger partial charge on any atom is -0.493 e. The van der Waals surface area contributed by atoms with Gasteiger partial charge in [-0.25, -0.2) is 4.79 Å². The van der Waals surface area contributed by atoms with Crippen LogP contribution in [0.25, 0.3) is 6.08 Å². The van der Waals surface area contributed by atoms with Crippen molar-refractivity contribution in [3.8, 4) is 11.5 Å². The summed E-state index contributed by atoms with van der Waals surface area (Å²) < 4.78 is 12.1. The van der Waals surface area contributed by atoms with Crippen LogP contribution in [0, 0.1) is 3.57 Å². The van der Waals surface area contributed by atoms with Gasteiger partial charge in [-0.05, 0) is 76.2 Å². The van der Waals surface area contributed by atoms with Gasteiger partial charge in [-0.15, -0.1) is 0 Å². The number of carbonyl (C=O) groups excluding carboxylic acids is 1. The summed E-state index contributed by atoms with van der Waals surface area (Å²) in [6.07, 6.45) is 1.37. The molecule has 0 aliphatic carbocycles. The highest BCUT2D eigenvalue weighted by Crippen LogP contribution is 2.35. The predicted octanol–water partition coefficient (Wildman–Crippen LogP) is 5.39. The second-order valence-corrected chi connectivity index (χ2v) is 8.23. The van der Waals surface area contributed by atoms with E-state index < -0.39 is 11.9 Å². The number of hydrogen-bond acceptors (Lipinski definition) is 4. The molecule has 0 aromatic heterocycles. The second-order valence-electron chi connectivity index (χ2n) is 6.63. The summed E-state index contributed by atoms with van der Waals surface area (Å²) in [5.74, 6) is -0.795. The lowest BCUT2D eigenvalue weighted by Gasteiger charge is -2.14. The zero-order valence-corrected chi connectivity index (χ0v) is 19.9. The summed E-state index contributed by atoms with van der Waals surface area (Å²) in [5, 5.41) is 12.6. The lowest BCUT2D eigenvalue weighted by Crippen LogP contribution is -2.27. The Balaban J connectivity index is 1.83. The molecule has 32 heavy (non-hydrogen) atoms. The number of carboxylic acids is 1. The number of halogens is 2. The van der Waals surface area contributed by atoms with E-state index >= 15 is 0 Å². The third-order valence-electron chi connectivity index (χ3n) is 4.37. The Labute approximate surface area is 204 Å². The Morgan fingerprint density at radius 1 is 1.09 bits per heavy atom. The van der Waals surface area contributed by atoms with Gasteiger partial charge in [-0.3, -0.25) is 4.79 Å². The fourth-order valence-electron chi connectivity index (χ4n) is 2.80. The molecule has 0 aliphatic rings. The Morgan fingerprint density at radius 2 is 1.78 bits per heavy atom. The SMILES string of the molecule is COc1cc(/C=C(/NC(=O)c2ccccc2)C(=O)O)cc(I)c1OCc1ccc(Cl)cc1. The Kier molecular flexibility index (Phi) is 8.13. The summed E-state index contributed by atoms with van der Waals surface area (Å²) >= 11 is 8.01. The third kappa shape index (κ3) is 6.24. The molecule has 8 heteroatoms. The molecule has 0 unspecified atom stereocenters. The lowest BCUT2D eigenvalue weighted by atomic mass is 10.1. The minimum atomic E-state index is -1.26. The average Bonchev–Trinajstić information content (AvgIpc) is 2.79. The van der Waals surface area contributed by atoms with E-state index in [-0.39, 0.29) is 5.70 Å². The fraction of sp³-hybridized carbons (Fsp3) is 0.0833. The van der Waals surface area contributed by atoms with Crippen LogP contribution >= 0.6 is 34.2 Å². The Hall–Kier alpha value is -3.04. The lowest BCUT2D eigenvalue weighted by molar-refractivity contribution is -0.132. The third-order valence-corrected chi connectivity index (χ3v) is 5.43. The molecule has 1 amide bonds. The van der Waals surface area contributed by atoms with E-state index in [4.69, 9.17) is 21.1 Å². The molecule has 6 nitrogen and oxygen atoms in total. The van der Waals surface area contributed by atoms with Crippen molar-refractivity contribution in [3.63, 3.8) is 0 Å². The maximum atomic E-state index is 12.4. The van der Waals surface area contributed by atoms with Crippen LogP contribution in [0.5, 0.6) is 11.5 Å². The van der Waals surface area contributed by atoms with Gasteiger partial charge in [0, 0.05) is 10.6 Å². The molecule has 3 aromatic carbocycles. The van der Waals surface area contributed by atoms with Gasteiger partial charge >= 0.3 is 5.97 Å². The highest BCUT2D eigenvalue weighted by Gasteiger charge is 2.16. The van der Waals surface area contributed by atoms with Crippen molar-refractivity contribution in [2.75, 3.05) is 7.11 Å². The van der Waals surface area contributed by atoms with Crippen molar-refractivity contribution in [2.24, 2.45) is 0 Å². The Bertz CT molecular complexity index is 1150. The number of hydrogen-bond donors (Lipinski definition) is 2. The molecule has 0 bridgehead atoms. The molecule has 164 valence electrons. The van der Waals surface area contributed by atoms with Crippen LogP contribution in [0.15, 0.2) is 72.4 Å².